The minimum absolute atomic E-state index is 0.349. The Morgan fingerprint density at radius 2 is 2.38 bits per heavy atom. The lowest BCUT2D eigenvalue weighted by molar-refractivity contribution is 0.263. The van der Waals surface area contributed by atoms with E-state index in [0.29, 0.717) is 18.2 Å². The van der Waals surface area contributed by atoms with E-state index in [1.807, 2.05) is 12.1 Å². The maximum atomic E-state index is 5.79. The van der Waals surface area contributed by atoms with E-state index in [1.54, 1.807) is 17.2 Å². The van der Waals surface area contributed by atoms with Crippen LogP contribution in [0.2, 0.25) is 5.02 Å². The normalized spacial score (nSPS) is 23.3. The van der Waals surface area contributed by atoms with Crippen LogP contribution in [0.1, 0.15) is 5.69 Å². The van der Waals surface area contributed by atoms with Gasteiger partial charge in [0.05, 0.1) is 23.9 Å². The lowest BCUT2D eigenvalue weighted by Crippen LogP contribution is -2.19. The summed E-state index contributed by atoms with van der Waals surface area (Å²) in [4.78, 5) is 8.17. The third-order valence-corrected chi connectivity index (χ3v) is 2.79. The highest BCUT2D eigenvalue weighted by Crippen LogP contribution is 2.39. The van der Waals surface area contributed by atoms with Crippen molar-refractivity contribution in [1.82, 2.24) is 19.7 Å². The summed E-state index contributed by atoms with van der Waals surface area (Å²) in [5, 5.41) is 4.68. The Bertz CT molecular complexity index is 478. The predicted octanol–water partition coefficient (Wildman–Crippen LogP) is 1.25. The number of nitrogens with zero attached hydrogens (tertiary/aromatic N) is 4. The van der Waals surface area contributed by atoms with E-state index in [9.17, 15) is 0 Å². The average molecular weight is 237 g/mol. The summed E-state index contributed by atoms with van der Waals surface area (Å²) in [7, 11) is 0. The van der Waals surface area contributed by atoms with Crippen molar-refractivity contribution in [3.05, 3.63) is 41.7 Å². The number of aromatic nitrogens is 4. The van der Waals surface area contributed by atoms with Crippen molar-refractivity contribution in [2.75, 3.05) is 6.61 Å². The minimum atomic E-state index is -0.349. The van der Waals surface area contributed by atoms with Gasteiger partial charge in [0.2, 0.25) is 0 Å². The van der Waals surface area contributed by atoms with Crippen LogP contribution in [0.4, 0.5) is 0 Å². The highest BCUT2D eigenvalue weighted by atomic mass is 35.5. The second-order valence-electron chi connectivity index (χ2n) is 3.74. The first-order chi connectivity index (χ1) is 7.78. The van der Waals surface area contributed by atoms with Gasteiger partial charge in [0, 0.05) is 6.20 Å². The summed E-state index contributed by atoms with van der Waals surface area (Å²) >= 11 is 5.79. The monoisotopic (exact) mass is 236 g/mol. The molecule has 0 bridgehead atoms. The predicted molar refractivity (Wildman–Crippen MR) is 56.9 cm³/mol. The van der Waals surface area contributed by atoms with Gasteiger partial charge in [-0.05, 0) is 12.1 Å². The molecule has 0 saturated carbocycles. The third-order valence-electron chi connectivity index (χ3n) is 2.57. The lowest BCUT2D eigenvalue weighted by atomic mass is 10.1. The number of epoxide rings is 1. The summed E-state index contributed by atoms with van der Waals surface area (Å²) < 4.78 is 7.24. The average Bonchev–Trinajstić information content (AvgIpc) is 2.88. The van der Waals surface area contributed by atoms with E-state index in [1.165, 1.54) is 6.33 Å². The highest BCUT2D eigenvalue weighted by molar-refractivity contribution is 6.30. The maximum Gasteiger partial charge on any atom is 0.153 e. The Kier molecular flexibility index (Phi) is 2.15. The fourth-order valence-electron chi connectivity index (χ4n) is 1.63. The number of halogens is 1. The smallest absolute Gasteiger partial charge is 0.153 e. The number of hydrogen-bond acceptors (Lipinski definition) is 4. The van der Waals surface area contributed by atoms with E-state index in [-0.39, 0.29) is 5.60 Å². The molecule has 3 heterocycles. The van der Waals surface area contributed by atoms with Crippen molar-refractivity contribution in [2.45, 2.75) is 12.1 Å². The molecule has 6 heteroatoms. The topological polar surface area (TPSA) is 56.1 Å². The van der Waals surface area contributed by atoms with E-state index >= 15 is 0 Å². The second-order valence-corrected chi connectivity index (χ2v) is 4.17. The molecule has 1 unspecified atom stereocenters. The first kappa shape index (κ1) is 9.74. The highest BCUT2D eigenvalue weighted by Gasteiger charge is 2.48. The molecule has 0 amide bonds. The second kappa shape index (κ2) is 3.54. The molecule has 82 valence electrons. The van der Waals surface area contributed by atoms with Crippen molar-refractivity contribution in [2.24, 2.45) is 0 Å². The van der Waals surface area contributed by atoms with Gasteiger partial charge in [0.15, 0.2) is 5.60 Å². The summed E-state index contributed by atoms with van der Waals surface area (Å²) in [6.45, 7) is 1.28. The fourth-order valence-corrected chi connectivity index (χ4v) is 1.74. The summed E-state index contributed by atoms with van der Waals surface area (Å²) in [5.41, 5.74) is 0.533. The van der Waals surface area contributed by atoms with Gasteiger partial charge in [-0.3, -0.25) is 4.98 Å². The van der Waals surface area contributed by atoms with Crippen LogP contribution in [-0.2, 0) is 16.9 Å². The van der Waals surface area contributed by atoms with Crippen LogP contribution in [-0.4, -0.2) is 26.4 Å². The number of hydrogen-bond donors (Lipinski definition) is 0. The molecular formula is C10H9ClN4O. The molecule has 5 nitrogen and oxygen atoms in total. The van der Waals surface area contributed by atoms with Crippen LogP contribution in [0, 0.1) is 0 Å². The zero-order chi connectivity index (χ0) is 11.0. The number of ether oxygens (including phenoxy) is 1. The lowest BCUT2D eigenvalue weighted by Gasteiger charge is -2.10. The third kappa shape index (κ3) is 1.68. The van der Waals surface area contributed by atoms with Crippen LogP contribution < -0.4 is 0 Å². The van der Waals surface area contributed by atoms with Gasteiger partial charge < -0.3 is 4.74 Å². The van der Waals surface area contributed by atoms with Crippen molar-refractivity contribution in [3.8, 4) is 0 Å². The zero-order valence-electron chi connectivity index (χ0n) is 8.38. The maximum absolute atomic E-state index is 5.79. The molecule has 1 aliphatic heterocycles. The molecule has 0 aromatic carbocycles. The van der Waals surface area contributed by atoms with Gasteiger partial charge >= 0.3 is 0 Å². The largest absolute Gasteiger partial charge is 0.361 e. The Morgan fingerprint density at radius 1 is 1.50 bits per heavy atom. The van der Waals surface area contributed by atoms with Gasteiger partial charge in [0.25, 0.3) is 0 Å². The molecule has 1 aliphatic rings. The first-order valence-corrected chi connectivity index (χ1v) is 5.25. The Balaban J connectivity index is 1.86. The van der Waals surface area contributed by atoms with Crippen molar-refractivity contribution in [1.29, 1.82) is 0 Å². The molecule has 16 heavy (non-hydrogen) atoms. The van der Waals surface area contributed by atoms with Gasteiger partial charge in [0.1, 0.15) is 12.7 Å². The van der Waals surface area contributed by atoms with E-state index < -0.39 is 0 Å². The van der Waals surface area contributed by atoms with Crippen molar-refractivity contribution in [3.63, 3.8) is 0 Å². The molecule has 0 radical (unpaired) electrons. The standard InChI is InChI=1S/C10H9ClN4O/c11-8-1-2-9(13-3-8)10(5-16-10)4-15-7-12-6-14-15/h1-3,6-7H,4-5H2. The van der Waals surface area contributed by atoms with E-state index in [2.05, 4.69) is 15.1 Å². The molecule has 1 atom stereocenters. The SMILES string of the molecule is Clc1ccc(C2(Cn3cncn3)CO2)nc1. The molecule has 0 aliphatic carbocycles. The number of rotatable bonds is 3. The van der Waals surface area contributed by atoms with Crippen LogP contribution in [0.3, 0.4) is 0 Å². The molecule has 0 N–H and O–H groups in total. The van der Waals surface area contributed by atoms with Gasteiger partial charge in [-0.25, -0.2) is 9.67 Å². The molecule has 2 aromatic heterocycles. The van der Waals surface area contributed by atoms with E-state index in [4.69, 9.17) is 16.3 Å². The zero-order valence-corrected chi connectivity index (χ0v) is 9.13. The molecule has 1 saturated heterocycles. The summed E-state index contributed by atoms with van der Waals surface area (Å²) in [6.07, 6.45) is 4.80. The molecular weight excluding hydrogens is 228 g/mol. The van der Waals surface area contributed by atoms with Gasteiger partial charge in [-0.1, -0.05) is 11.6 Å². The minimum Gasteiger partial charge on any atom is -0.361 e. The number of pyridine rings is 1. The van der Waals surface area contributed by atoms with Gasteiger partial charge in [-0.15, -0.1) is 0 Å². The van der Waals surface area contributed by atoms with Crippen LogP contribution in [0.5, 0.6) is 0 Å². The van der Waals surface area contributed by atoms with Crippen molar-refractivity contribution >= 4 is 11.6 Å². The Labute approximate surface area is 97.0 Å². The Morgan fingerprint density at radius 3 is 2.94 bits per heavy atom. The quantitative estimate of drug-likeness (QED) is 0.753. The van der Waals surface area contributed by atoms with Crippen molar-refractivity contribution < 1.29 is 4.74 Å². The van der Waals surface area contributed by atoms with Crippen LogP contribution >= 0.6 is 11.6 Å². The van der Waals surface area contributed by atoms with Crippen LogP contribution in [0.25, 0.3) is 0 Å². The first-order valence-electron chi connectivity index (χ1n) is 4.87. The van der Waals surface area contributed by atoms with E-state index in [0.717, 1.165) is 5.69 Å². The van der Waals surface area contributed by atoms with Gasteiger partial charge in [-0.2, -0.15) is 5.10 Å². The molecule has 3 rings (SSSR count). The molecule has 1 fully saturated rings. The fraction of sp³-hybridized carbons (Fsp3) is 0.300. The Hall–Kier alpha value is -1.46. The molecule has 0 spiro atoms. The molecule has 2 aromatic rings. The summed E-state index contributed by atoms with van der Waals surface area (Å²) in [6, 6.07) is 3.70. The summed E-state index contributed by atoms with van der Waals surface area (Å²) in [5.74, 6) is 0. The van der Waals surface area contributed by atoms with Crippen LogP contribution in [0.15, 0.2) is 31.0 Å².